The Balaban J connectivity index is 2.03. The summed E-state index contributed by atoms with van der Waals surface area (Å²) in [6.45, 7) is 1.46. The lowest BCUT2D eigenvalue weighted by atomic mass is 9.52. The van der Waals surface area contributed by atoms with Gasteiger partial charge in [0.25, 0.3) is 0 Å². The first-order valence-electron chi connectivity index (χ1n) is 6.23. The summed E-state index contributed by atoms with van der Waals surface area (Å²) in [5, 5.41) is 18.8. The molecule has 0 aromatic heterocycles. The first-order chi connectivity index (χ1) is 8.70. The van der Waals surface area contributed by atoms with Crippen LogP contribution in [-0.2, 0) is 4.65 Å². The molecular weight excluding hydrogens is 225 g/mol. The summed E-state index contributed by atoms with van der Waals surface area (Å²) in [7, 11) is 0. The minimum absolute atomic E-state index is 0.137. The number of nitrogens with zero attached hydrogens (tertiary/aromatic N) is 3. The van der Waals surface area contributed by atoms with Gasteiger partial charge >= 0.3 is 6.48 Å². The standard InChI is InChI=1S/C13H14BN3O/c1-11(12-5-3-2-4-6-12)17-7-13(17)8-18-14(17,9-15)10-16/h2-6,11,13H,7-8H2,1H3/t11-,13-,17+/m1/s1. The van der Waals surface area contributed by atoms with Crippen LogP contribution in [0.3, 0.4) is 0 Å². The van der Waals surface area contributed by atoms with Crippen molar-refractivity contribution in [3.63, 3.8) is 0 Å². The highest BCUT2D eigenvalue weighted by Crippen LogP contribution is 2.52. The van der Waals surface area contributed by atoms with Gasteiger partial charge in [-0.15, -0.1) is 0 Å². The quantitative estimate of drug-likeness (QED) is 0.581. The molecule has 2 saturated heterocycles. The van der Waals surface area contributed by atoms with Crippen molar-refractivity contribution in [2.45, 2.75) is 19.0 Å². The van der Waals surface area contributed by atoms with Gasteiger partial charge in [0.05, 0.1) is 19.2 Å². The molecule has 0 bridgehead atoms. The van der Waals surface area contributed by atoms with E-state index in [1.165, 1.54) is 5.56 Å². The Labute approximate surface area is 107 Å². The maximum absolute atomic E-state index is 9.39. The summed E-state index contributed by atoms with van der Waals surface area (Å²) >= 11 is 0. The molecule has 2 aliphatic rings. The monoisotopic (exact) mass is 239 g/mol. The van der Waals surface area contributed by atoms with Gasteiger partial charge in [-0.25, -0.2) is 10.5 Å². The van der Waals surface area contributed by atoms with Gasteiger partial charge in [0.2, 0.25) is 0 Å². The Bertz CT molecular complexity index is 548. The van der Waals surface area contributed by atoms with Crippen molar-refractivity contribution in [3.8, 4) is 11.9 Å². The van der Waals surface area contributed by atoms with Gasteiger partial charge in [-0.3, -0.25) is 0 Å². The Kier molecular flexibility index (Phi) is 2.25. The van der Waals surface area contributed by atoms with Crippen molar-refractivity contribution < 1.29 is 9.05 Å². The molecule has 0 radical (unpaired) electrons. The fourth-order valence-corrected chi connectivity index (χ4v) is 3.46. The molecule has 0 saturated carbocycles. The smallest absolute Gasteiger partial charge is 0.510 e. The van der Waals surface area contributed by atoms with E-state index in [4.69, 9.17) is 4.65 Å². The van der Waals surface area contributed by atoms with Crippen LogP contribution in [0.4, 0.5) is 0 Å². The van der Waals surface area contributed by atoms with Crippen LogP contribution >= 0.6 is 0 Å². The normalized spacial score (nSPS) is 32.9. The van der Waals surface area contributed by atoms with Gasteiger partial charge in [0.15, 0.2) is 0 Å². The van der Waals surface area contributed by atoms with Crippen molar-refractivity contribution in [2.24, 2.45) is 0 Å². The third kappa shape index (κ3) is 1.16. The number of nitriles is 2. The summed E-state index contributed by atoms with van der Waals surface area (Å²) in [5.74, 6) is 4.32. The van der Waals surface area contributed by atoms with Crippen molar-refractivity contribution in [1.29, 1.82) is 10.5 Å². The van der Waals surface area contributed by atoms with Gasteiger partial charge in [-0.1, -0.05) is 30.3 Å². The molecule has 3 atom stereocenters. The molecule has 0 spiro atoms. The Hall–Kier alpha value is -1.82. The van der Waals surface area contributed by atoms with E-state index < -0.39 is 6.48 Å². The Morgan fingerprint density at radius 1 is 1.33 bits per heavy atom. The summed E-state index contributed by atoms with van der Waals surface area (Å²) < 4.78 is 6.07. The molecule has 2 aliphatic heterocycles. The first kappa shape index (κ1) is 11.3. The van der Waals surface area contributed by atoms with E-state index in [9.17, 15) is 10.5 Å². The van der Waals surface area contributed by atoms with Crippen LogP contribution in [-0.4, -0.2) is 30.1 Å². The average Bonchev–Trinajstić information content (AvgIpc) is 3.10. The van der Waals surface area contributed by atoms with Gasteiger partial charge in [-0.2, -0.15) is 0 Å². The Morgan fingerprint density at radius 3 is 2.56 bits per heavy atom. The van der Waals surface area contributed by atoms with Crippen LogP contribution < -0.4 is 0 Å². The van der Waals surface area contributed by atoms with E-state index in [2.05, 4.69) is 31.0 Å². The van der Waals surface area contributed by atoms with Crippen LogP contribution in [0.15, 0.2) is 30.3 Å². The van der Waals surface area contributed by atoms with E-state index in [0.717, 1.165) is 6.54 Å². The molecule has 0 amide bonds. The van der Waals surface area contributed by atoms with Crippen LogP contribution in [0, 0.1) is 22.5 Å². The number of fused-ring (bicyclic) bond motifs is 1. The fraction of sp³-hybridized carbons (Fsp3) is 0.385. The zero-order chi connectivity index (χ0) is 12.8. The second-order valence-electron chi connectivity index (χ2n) is 5.25. The summed E-state index contributed by atoms with van der Waals surface area (Å²) in [6, 6.07) is 10.5. The van der Waals surface area contributed by atoms with Gasteiger partial charge < -0.3 is 9.05 Å². The highest BCUT2D eigenvalue weighted by Gasteiger charge is 2.72. The highest BCUT2D eigenvalue weighted by molar-refractivity contribution is 6.82. The van der Waals surface area contributed by atoms with Gasteiger partial charge in [0.1, 0.15) is 6.04 Å². The molecular formula is C13H14BN3O. The average molecular weight is 239 g/mol. The maximum atomic E-state index is 9.39. The Morgan fingerprint density at radius 2 is 2.00 bits per heavy atom. The summed E-state index contributed by atoms with van der Waals surface area (Å²) in [6.07, 6.45) is 0. The second kappa shape index (κ2) is 3.59. The minimum atomic E-state index is -2.06. The SMILES string of the molecule is C[C@H](c1ccccc1)[N@@+]12C[C@@H]1CO[B-]2(C#N)C#N. The molecule has 2 heterocycles. The van der Waals surface area contributed by atoms with Crippen molar-refractivity contribution >= 4 is 6.48 Å². The van der Waals surface area contributed by atoms with Crippen LogP contribution in [0.2, 0.25) is 0 Å². The van der Waals surface area contributed by atoms with E-state index in [1.54, 1.807) is 0 Å². The van der Waals surface area contributed by atoms with Crippen LogP contribution in [0.1, 0.15) is 18.5 Å². The predicted octanol–water partition coefficient (Wildman–Crippen LogP) is 1.54. The van der Waals surface area contributed by atoms with E-state index >= 15 is 0 Å². The molecule has 1 aromatic carbocycles. The topological polar surface area (TPSA) is 56.8 Å². The third-order valence-electron chi connectivity index (χ3n) is 4.63. The zero-order valence-corrected chi connectivity index (χ0v) is 10.3. The van der Waals surface area contributed by atoms with Crippen molar-refractivity contribution in [3.05, 3.63) is 35.9 Å². The molecule has 4 nitrogen and oxygen atoms in total. The van der Waals surface area contributed by atoms with E-state index in [-0.39, 0.29) is 6.04 Å². The number of quaternary nitrogens is 1. The van der Waals surface area contributed by atoms with Crippen molar-refractivity contribution in [2.75, 3.05) is 13.2 Å². The van der Waals surface area contributed by atoms with Crippen molar-refractivity contribution in [1.82, 2.24) is 0 Å². The molecule has 90 valence electrons. The van der Waals surface area contributed by atoms with Gasteiger partial charge in [0, 0.05) is 5.56 Å². The second-order valence-corrected chi connectivity index (χ2v) is 5.25. The molecule has 0 unspecified atom stereocenters. The third-order valence-corrected chi connectivity index (χ3v) is 4.63. The number of hydrogen-bond donors (Lipinski definition) is 0. The zero-order valence-electron chi connectivity index (χ0n) is 10.3. The fourth-order valence-electron chi connectivity index (χ4n) is 3.46. The molecule has 0 N–H and O–H groups in total. The summed E-state index contributed by atoms with van der Waals surface area (Å²) in [5.41, 5.74) is 1.17. The van der Waals surface area contributed by atoms with Crippen LogP contribution in [0.5, 0.6) is 0 Å². The van der Waals surface area contributed by atoms with E-state index in [1.807, 2.05) is 18.2 Å². The molecule has 3 rings (SSSR count). The predicted molar refractivity (Wildman–Crippen MR) is 66.7 cm³/mol. The van der Waals surface area contributed by atoms with Gasteiger partial charge in [-0.05, 0) is 18.9 Å². The lowest BCUT2D eigenvalue weighted by Crippen LogP contribution is -2.55. The lowest BCUT2D eigenvalue weighted by Gasteiger charge is -2.39. The molecule has 18 heavy (non-hydrogen) atoms. The van der Waals surface area contributed by atoms with E-state index in [0.29, 0.717) is 17.0 Å². The molecule has 5 heteroatoms. The highest BCUT2D eigenvalue weighted by atomic mass is 16.5. The number of hydrogen-bond acceptors (Lipinski definition) is 3. The maximum Gasteiger partial charge on any atom is 0.529 e. The van der Waals surface area contributed by atoms with Crippen LogP contribution in [0.25, 0.3) is 0 Å². The molecule has 1 aromatic rings. The number of benzene rings is 1. The molecule has 0 aliphatic carbocycles. The molecule has 2 fully saturated rings. The largest absolute Gasteiger partial charge is 0.529 e. The summed E-state index contributed by atoms with van der Waals surface area (Å²) in [4.78, 5) is 0. The first-order valence-corrected chi connectivity index (χ1v) is 6.23. The minimum Gasteiger partial charge on any atom is -0.510 e. The lowest BCUT2D eigenvalue weighted by molar-refractivity contribution is -0.736. The number of rotatable bonds is 2.